The fourth-order valence-corrected chi connectivity index (χ4v) is 3.49. The van der Waals surface area contributed by atoms with Crippen LogP contribution in [0.25, 0.3) is 17.0 Å². The number of nitrogens with zero attached hydrogens (tertiary/aromatic N) is 2. The molecular weight excluding hydrogens is 366 g/mol. The molecule has 2 aromatic carbocycles. The number of hydrogen-bond donors (Lipinski definition) is 1. The van der Waals surface area contributed by atoms with E-state index in [1.54, 1.807) is 35.3 Å². The highest BCUT2D eigenvalue weighted by Crippen LogP contribution is 2.15. The fraction of sp³-hybridized carbons (Fsp3) is 0.261. The molecular formula is C23H23N3O3. The van der Waals surface area contributed by atoms with E-state index in [9.17, 15) is 9.59 Å². The number of para-hydroxylation sites is 1. The lowest BCUT2D eigenvalue weighted by atomic mass is 10.2. The van der Waals surface area contributed by atoms with Crippen LogP contribution in [0.5, 0.6) is 0 Å². The average Bonchev–Trinajstić information content (AvgIpc) is 3.25. The minimum Gasteiger partial charge on any atom is -0.376 e. The zero-order valence-corrected chi connectivity index (χ0v) is 16.1. The van der Waals surface area contributed by atoms with Crippen molar-refractivity contribution < 1.29 is 9.53 Å². The lowest BCUT2D eigenvalue weighted by Gasteiger charge is -2.24. The predicted octanol–water partition coefficient (Wildman–Crippen LogP) is 3.14. The van der Waals surface area contributed by atoms with Gasteiger partial charge in [0.1, 0.15) is 5.82 Å². The van der Waals surface area contributed by atoms with Crippen molar-refractivity contribution in [1.29, 1.82) is 0 Å². The van der Waals surface area contributed by atoms with Gasteiger partial charge >= 0.3 is 0 Å². The number of aromatic nitrogens is 2. The van der Waals surface area contributed by atoms with E-state index in [1.807, 2.05) is 36.4 Å². The van der Waals surface area contributed by atoms with Crippen LogP contribution in [-0.2, 0) is 16.1 Å². The summed E-state index contributed by atoms with van der Waals surface area (Å²) in [6.07, 6.45) is 5.28. The van der Waals surface area contributed by atoms with E-state index < -0.39 is 0 Å². The first-order chi connectivity index (χ1) is 14.2. The molecule has 1 aromatic heterocycles. The first kappa shape index (κ1) is 19.1. The molecule has 29 heavy (non-hydrogen) atoms. The monoisotopic (exact) mass is 389 g/mol. The van der Waals surface area contributed by atoms with Crippen molar-refractivity contribution in [1.82, 2.24) is 14.9 Å². The molecule has 6 nitrogen and oxygen atoms in total. The Hall–Kier alpha value is -3.25. The van der Waals surface area contributed by atoms with Gasteiger partial charge in [0.25, 0.3) is 5.56 Å². The molecule has 2 heterocycles. The first-order valence-corrected chi connectivity index (χ1v) is 9.80. The van der Waals surface area contributed by atoms with E-state index >= 15 is 0 Å². The molecule has 3 aromatic rings. The minimum absolute atomic E-state index is 0.0104. The third-order valence-electron chi connectivity index (χ3n) is 4.98. The number of ether oxygens (including phenoxy) is 1. The summed E-state index contributed by atoms with van der Waals surface area (Å²) in [4.78, 5) is 34.3. The van der Waals surface area contributed by atoms with Gasteiger partial charge < -0.3 is 14.6 Å². The number of rotatable bonds is 6. The highest BCUT2D eigenvalue weighted by molar-refractivity contribution is 5.91. The second kappa shape index (κ2) is 8.84. The molecule has 4 rings (SSSR count). The maximum absolute atomic E-state index is 12.9. The maximum Gasteiger partial charge on any atom is 0.258 e. The molecule has 1 aliphatic rings. The third kappa shape index (κ3) is 4.78. The first-order valence-electron chi connectivity index (χ1n) is 9.80. The number of amides is 1. The number of aromatic amines is 1. The SMILES string of the molecule is O=C(/C=C/c1ccccc1)N(Cc1nc2ccccc2c(=O)[nH]1)C[C@@H]1CCCO1. The summed E-state index contributed by atoms with van der Waals surface area (Å²) < 4.78 is 5.72. The van der Waals surface area contributed by atoms with Crippen molar-refractivity contribution >= 4 is 22.9 Å². The van der Waals surface area contributed by atoms with Crippen molar-refractivity contribution in [2.75, 3.05) is 13.2 Å². The predicted molar refractivity (Wildman–Crippen MR) is 112 cm³/mol. The Morgan fingerprint density at radius 3 is 2.76 bits per heavy atom. The van der Waals surface area contributed by atoms with E-state index in [0.717, 1.165) is 25.0 Å². The second-order valence-electron chi connectivity index (χ2n) is 7.13. The average molecular weight is 389 g/mol. The van der Waals surface area contributed by atoms with Gasteiger partial charge in [-0.3, -0.25) is 9.59 Å². The van der Waals surface area contributed by atoms with E-state index in [4.69, 9.17) is 4.74 Å². The number of hydrogen-bond acceptors (Lipinski definition) is 4. The Bertz CT molecular complexity index is 1070. The second-order valence-corrected chi connectivity index (χ2v) is 7.13. The van der Waals surface area contributed by atoms with Crippen LogP contribution in [0.3, 0.4) is 0 Å². The Labute approximate surface area is 168 Å². The molecule has 1 fully saturated rings. The fourth-order valence-electron chi connectivity index (χ4n) is 3.49. The summed E-state index contributed by atoms with van der Waals surface area (Å²) in [7, 11) is 0. The van der Waals surface area contributed by atoms with Gasteiger partial charge in [-0.25, -0.2) is 4.98 Å². The highest BCUT2D eigenvalue weighted by atomic mass is 16.5. The van der Waals surface area contributed by atoms with Gasteiger partial charge in [0.15, 0.2) is 0 Å². The van der Waals surface area contributed by atoms with Gasteiger partial charge in [0, 0.05) is 19.2 Å². The molecule has 0 aliphatic carbocycles. The van der Waals surface area contributed by atoms with Crippen LogP contribution in [0.15, 0.2) is 65.5 Å². The van der Waals surface area contributed by atoms with Gasteiger partial charge in [-0.2, -0.15) is 0 Å². The molecule has 1 aliphatic heterocycles. The van der Waals surface area contributed by atoms with Crippen LogP contribution < -0.4 is 5.56 Å². The quantitative estimate of drug-likeness (QED) is 0.657. The maximum atomic E-state index is 12.9. The Morgan fingerprint density at radius 1 is 1.17 bits per heavy atom. The number of benzene rings is 2. The zero-order chi connectivity index (χ0) is 20.1. The van der Waals surface area contributed by atoms with Gasteiger partial charge in [-0.15, -0.1) is 0 Å². The summed E-state index contributed by atoms with van der Waals surface area (Å²) >= 11 is 0. The topological polar surface area (TPSA) is 75.3 Å². The summed E-state index contributed by atoms with van der Waals surface area (Å²) in [6.45, 7) is 1.41. The lowest BCUT2D eigenvalue weighted by Crippen LogP contribution is -2.36. The minimum atomic E-state index is -0.199. The summed E-state index contributed by atoms with van der Waals surface area (Å²) in [5.41, 5.74) is 1.38. The van der Waals surface area contributed by atoms with Crippen LogP contribution in [0.1, 0.15) is 24.2 Å². The Kier molecular flexibility index (Phi) is 5.81. The van der Waals surface area contributed by atoms with E-state index in [1.165, 1.54) is 0 Å². The van der Waals surface area contributed by atoms with Crippen molar-refractivity contribution in [2.24, 2.45) is 0 Å². The molecule has 148 valence electrons. The van der Waals surface area contributed by atoms with Crippen LogP contribution in [0, 0.1) is 0 Å². The van der Waals surface area contributed by atoms with E-state index in [0.29, 0.717) is 23.3 Å². The van der Waals surface area contributed by atoms with Gasteiger partial charge in [0.05, 0.1) is 23.6 Å². The molecule has 0 radical (unpaired) electrons. The van der Waals surface area contributed by atoms with Crippen molar-refractivity contribution in [2.45, 2.75) is 25.5 Å². The lowest BCUT2D eigenvalue weighted by molar-refractivity contribution is -0.128. The van der Waals surface area contributed by atoms with Gasteiger partial charge in [-0.05, 0) is 36.6 Å². The summed E-state index contributed by atoms with van der Waals surface area (Å²) in [5, 5.41) is 0.539. The molecule has 0 spiro atoms. The van der Waals surface area contributed by atoms with Crippen molar-refractivity contribution in [3.8, 4) is 0 Å². The number of nitrogens with one attached hydrogen (secondary N) is 1. The normalized spacial score (nSPS) is 16.5. The standard InChI is InChI=1S/C23H23N3O3/c27-22(13-12-17-7-2-1-3-8-17)26(15-18-9-6-14-29-18)16-21-24-20-11-5-4-10-19(20)23(28)25-21/h1-5,7-8,10-13,18H,6,9,14-16H2,(H,24,25,28)/b13-12+/t18-/m0/s1. The molecule has 1 N–H and O–H groups in total. The molecule has 1 amide bonds. The smallest absolute Gasteiger partial charge is 0.258 e. The van der Waals surface area contributed by atoms with E-state index in [-0.39, 0.29) is 24.1 Å². The summed E-state index contributed by atoms with van der Waals surface area (Å²) in [5.74, 6) is 0.327. The number of fused-ring (bicyclic) bond motifs is 1. The van der Waals surface area contributed by atoms with Gasteiger partial charge in [-0.1, -0.05) is 42.5 Å². The molecule has 1 saturated heterocycles. The van der Waals surface area contributed by atoms with Crippen molar-refractivity contribution in [3.05, 3.63) is 82.4 Å². The number of H-pyrrole nitrogens is 1. The molecule has 1 atom stereocenters. The van der Waals surface area contributed by atoms with Crippen LogP contribution >= 0.6 is 0 Å². The molecule has 6 heteroatoms. The third-order valence-corrected chi connectivity index (χ3v) is 4.98. The Balaban J connectivity index is 1.57. The number of carbonyl (C=O) groups is 1. The number of carbonyl (C=O) groups excluding carboxylic acids is 1. The van der Waals surface area contributed by atoms with E-state index in [2.05, 4.69) is 9.97 Å². The zero-order valence-electron chi connectivity index (χ0n) is 16.1. The largest absolute Gasteiger partial charge is 0.376 e. The van der Waals surface area contributed by atoms with Crippen LogP contribution in [0.4, 0.5) is 0 Å². The van der Waals surface area contributed by atoms with Crippen molar-refractivity contribution in [3.63, 3.8) is 0 Å². The molecule has 0 unspecified atom stereocenters. The van der Waals surface area contributed by atoms with Crippen LogP contribution in [-0.4, -0.2) is 40.0 Å². The van der Waals surface area contributed by atoms with Gasteiger partial charge in [0.2, 0.25) is 5.91 Å². The molecule has 0 bridgehead atoms. The van der Waals surface area contributed by atoms with Crippen LogP contribution in [0.2, 0.25) is 0 Å². The Morgan fingerprint density at radius 2 is 1.97 bits per heavy atom. The molecule has 0 saturated carbocycles. The summed E-state index contributed by atoms with van der Waals surface area (Å²) in [6, 6.07) is 16.9. The highest BCUT2D eigenvalue weighted by Gasteiger charge is 2.22.